The lowest BCUT2D eigenvalue weighted by Crippen LogP contribution is -2.27. The van der Waals surface area contributed by atoms with Crippen molar-refractivity contribution >= 4 is 78.1 Å². The van der Waals surface area contributed by atoms with Crippen LogP contribution in [0.2, 0.25) is 5.02 Å². The monoisotopic (exact) mass is 692 g/mol. The van der Waals surface area contributed by atoms with E-state index in [0.29, 0.717) is 39.0 Å². The zero-order chi connectivity index (χ0) is 32.3. The molecule has 3 aromatic heterocycles. The number of thioether (sulfide) groups is 1. The number of halogens is 1. The van der Waals surface area contributed by atoms with Gasteiger partial charge < -0.3 is 5.32 Å². The number of benzene rings is 4. The van der Waals surface area contributed by atoms with Crippen molar-refractivity contribution in [3.05, 3.63) is 140 Å². The van der Waals surface area contributed by atoms with Gasteiger partial charge in [-0.1, -0.05) is 96.2 Å². The standard InChI is InChI=1S/C37H29ClN4O2S3/c1-23(34(43)39-26-17-15-25(16-18-26)21-32-40-30-13-7-8-14-31(30)47-32)46-37-41-35-33(28(22-45-35)27-11-5-6-12-29(27)38)36(44)42(37)20-19-24-9-3-2-4-10-24/h2-18,22-23H,19-21H2,1H3,(H,39,43). The first-order valence-electron chi connectivity index (χ1n) is 15.1. The molecule has 1 N–H and O–H groups in total. The van der Waals surface area contributed by atoms with Crippen molar-refractivity contribution in [2.45, 2.75) is 36.7 Å². The molecule has 4 aromatic carbocycles. The molecule has 0 fully saturated rings. The molecule has 0 radical (unpaired) electrons. The number of carbonyl (C=O) groups excluding carboxylic acids is 1. The minimum Gasteiger partial charge on any atom is -0.325 e. The molecule has 47 heavy (non-hydrogen) atoms. The number of amides is 1. The summed E-state index contributed by atoms with van der Waals surface area (Å²) in [6, 6.07) is 33.6. The lowest BCUT2D eigenvalue weighted by molar-refractivity contribution is -0.115. The molecular weight excluding hydrogens is 664 g/mol. The van der Waals surface area contributed by atoms with Crippen LogP contribution < -0.4 is 10.9 Å². The molecule has 0 saturated heterocycles. The molecule has 3 heterocycles. The van der Waals surface area contributed by atoms with Crippen LogP contribution in [0.5, 0.6) is 0 Å². The number of thiophene rings is 1. The van der Waals surface area contributed by atoms with E-state index in [1.807, 2.05) is 109 Å². The van der Waals surface area contributed by atoms with Gasteiger partial charge in [-0.15, -0.1) is 22.7 Å². The highest BCUT2D eigenvalue weighted by molar-refractivity contribution is 8.00. The molecule has 7 aromatic rings. The number of thiazole rings is 1. The maximum atomic E-state index is 14.2. The number of nitrogens with one attached hydrogen (secondary N) is 1. The van der Waals surface area contributed by atoms with Gasteiger partial charge in [0.1, 0.15) is 4.83 Å². The van der Waals surface area contributed by atoms with E-state index in [-0.39, 0.29) is 11.5 Å². The molecular formula is C37H29ClN4O2S3. The van der Waals surface area contributed by atoms with Gasteiger partial charge in [0.25, 0.3) is 5.56 Å². The number of carbonyl (C=O) groups is 1. The maximum Gasteiger partial charge on any atom is 0.263 e. The first-order chi connectivity index (χ1) is 22.9. The van der Waals surface area contributed by atoms with Crippen molar-refractivity contribution in [3.8, 4) is 11.1 Å². The van der Waals surface area contributed by atoms with E-state index < -0.39 is 5.25 Å². The van der Waals surface area contributed by atoms with Crippen LogP contribution in [0.1, 0.15) is 23.1 Å². The summed E-state index contributed by atoms with van der Waals surface area (Å²) in [5.74, 6) is -0.166. The Morgan fingerprint density at radius 1 is 0.894 bits per heavy atom. The first-order valence-corrected chi connectivity index (χ1v) is 18.1. The van der Waals surface area contributed by atoms with Crippen LogP contribution in [0.15, 0.2) is 118 Å². The highest BCUT2D eigenvalue weighted by atomic mass is 35.5. The highest BCUT2D eigenvalue weighted by Gasteiger charge is 2.23. The molecule has 10 heteroatoms. The number of nitrogens with zero attached hydrogens (tertiary/aromatic N) is 3. The first kappa shape index (κ1) is 31.3. The predicted octanol–water partition coefficient (Wildman–Crippen LogP) is 9.34. The zero-order valence-electron chi connectivity index (χ0n) is 25.4. The second-order valence-electron chi connectivity index (χ2n) is 11.1. The Labute approximate surface area is 289 Å². The fourth-order valence-electron chi connectivity index (χ4n) is 5.39. The number of fused-ring (bicyclic) bond motifs is 2. The Morgan fingerprint density at radius 3 is 2.43 bits per heavy atom. The van der Waals surface area contributed by atoms with E-state index >= 15 is 0 Å². The Bertz CT molecular complexity index is 2230. The fraction of sp³-hybridized carbons (Fsp3) is 0.135. The van der Waals surface area contributed by atoms with Gasteiger partial charge in [0, 0.05) is 40.2 Å². The SMILES string of the molecule is CC(Sc1nc2scc(-c3ccccc3Cl)c2c(=O)n1CCc1ccccc1)C(=O)Nc1ccc(Cc2nc3ccccc3s2)cc1. The molecule has 0 spiro atoms. The fourth-order valence-corrected chi connectivity index (χ4v) is 8.54. The second-order valence-corrected chi connectivity index (χ2v) is 14.8. The number of hydrogen-bond acceptors (Lipinski definition) is 7. The van der Waals surface area contributed by atoms with Gasteiger partial charge in [0.2, 0.25) is 5.91 Å². The van der Waals surface area contributed by atoms with E-state index in [9.17, 15) is 9.59 Å². The summed E-state index contributed by atoms with van der Waals surface area (Å²) in [5.41, 5.74) is 5.40. The quantitative estimate of drug-likeness (QED) is 0.114. The van der Waals surface area contributed by atoms with Crippen molar-refractivity contribution in [2.24, 2.45) is 0 Å². The molecule has 0 aliphatic heterocycles. The van der Waals surface area contributed by atoms with Gasteiger partial charge in [-0.2, -0.15) is 0 Å². The van der Waals surface area contributed by atoms with Gasteiger partial charge in [0.05, 0.1) is 25.9 Å². The molecule has 1 unspecified atom stereocenters. The molecule has 0 aliphatic rings. The third-order valence-corrected chi connectivity index (χ3v) is 11.2. The summed E-state index contributed by atoms with van der Waals surface area (Å²) >= 11 is 10.9. The van der Waals surface area contributed by atoms with Gasteiger partial charge >= 0.3 is 0 Å². The largest absolute Gasteiger partial charge is 0.325 e. The van der Waals surface area contributed by atoms with Crippen LogP contribution >= 0.6 is 46.0 Å². The van der Waals surface area contributed by atoms with E-state index in [1.165, 1.54) is 27.8 Å². The molecule has 7 rings (SSSR count). The van der Waals surface area contributed by atoms with Gasteiger partial charge in [-0.05, 0) is 54.8 Å². The van der Waals surface area contributed by atoms with Crippen molar-refractivity contribution in [1.29, 1.82) is 0 Å². The average molecular weight is 693 g/mol. The molecule has 1 amide bonds. The van der Waals surface area contributed by atoms with Crippen LogP contribution in [0.3, 0.4) is 0 Å². The molecule has 0 bridgehead atoms. The molecule has 0 saturated carbocycles. The number of anilines is 1. The molecule has 0 aliphatic carbocycles. The van der Waals surface area contributed by atoms with E-state index in [4.69, 9.17) is 21.6 Å². The second kappa shape index (κ2) is 13.8. The Morgan fingerprint density at radius 2 is 1.64 bits per heavy atom. The van der Waals surface area contributed by atoms with Crippen LogP contribution in [-0.2, 0) is 24.2 Å². The van der Waals surface area contributed by atoms with Gasteiger partial charge in [-0.25, -0.2) is 9.97 Å². The smallest absolute Gasteiger partial charge is 0.263 e. The number of hydrogen-bond donors (Lipinski definition) is 1. The zero-order valence-corrected chi connectivity index (χ0v) is 28.6. The third kappa shape index (κ3) is 6.89. The van der Waals surface area contributed by atoms with Crippen molar-refractivity contribution in [3.63, 3.8) is 0 Å². The maximum absolute atomic E-state index is 14.2. The summed E-state index contributed by atoms with van der Waals surface area (Å²) < 4.78 is 2.88. The lowest BCUT2D eigenvalue weighted by Gasteiger charge is -2.16. The minimum absolute atomic E-state index is 0.138. The number of rotatable bonds is 10. The third-order valence-electron chi connectivity index (χ3n) is 7.86. The van der Waals surface area contributed by atoms with Crippen molar-refractivity contribution in [1.82, 2.24) is 14.5 Å². The summed E-state index contributed by atoms with van der Waals surface area (Å²) in [6.07, 6.45) is 1.38. The highest BCUT2D eigenvalue weighted by Crippen LogP contribution is 2.36. The summed E-state index contributed by atoms with van der Waals surface area (Å²) in [5, 5.41) is 7.16. The van der Waals surface area contributed by atoms with E-state index in [0.717, 1.165) is 39.2 Å². The summed E-state index contributed by atoms with van der Waals surface area (Å²) in [7, 11) is 0. The van der Waals surface area contributed by atoms with Crippen molar-refractivity contribution in [2.75, 3.05) is 5.32 Å². The Hall–Kier alpha value is -4.28. The predicted molar refractivity (Wildman–Crippen MR) is 197 cm³/mol. The number of aromatic nitrogens is 3. The average Bonchev–Trinajstić information content (AvgIpc) is 3.70. The van der Waals surface area contributed by atoms with Crippen LogP contribution in [0.4, 0.5) is 5.69 Å². The van der Waals surface area contributed by atoms with Gasteiger partial charge in [0.15, 0.2) is 5.16 Å². The van der Waals surface area contributed by atoms with Gasteiger partial charge in [-0.3, -0.25) is 14.2 Å². The summed E-state index contributed by atoms with van der Waals surface area (Å²) in [6.45, 7) is 2.26. The summed E-state index contributed by atoms with van der Waals surface area (Å²) in [4.78, 5) is 37.8. The Balaban J connectivity index is 1.11. The van der Waals surface area contributed by atoms with Crippen LogP contribution in [0, 0.1) is 0 Å². The van der Waals surface area contributed by atoms with Crippen LogP contribution in [0.25, 0.3) is 31.6 Å². The number of aryl methyl sites for hydroxylation is 1. The number of para-hydroxylation sites is 1. The topological polar surface area (TPSA) is 76.9 Å². The van der Waals surface area contributed by atoms with Crippen LogP contribution in [-0.4, -0.2) is 25.7 Å². The molecule has 234 valence electrons. The molecule has 1 atom stereocenters. The normalized spacial score (nSPS) is 12.0. The van der Waals surface area contributed by atoms with E-state index in [1.54, 1.807) is 15.9 Å². The van der Waals surface area contributed by atoms with Crippen molar-refractivity contribution < 1.29 is 4.79 Å². The Kier molecular flexibility index (Phi) is 9.22. The molecule has 6 nitrogen and oxygen atoms in total. The van der Waals surface area contributed by atoms with E-state index in [2.05, 4.69) is 11.4 Å². The lowest BCUT2D eigenvalue weighted by atomic mass is 10.1. The minimum atomic E-state index is -0.507.